The highest BCUT2D eigenvalue weighted by molar-refractivity contribution is 7.89. The van der Waals surface area contributed by atoms with Crippen LogP contribution in [0, 0.1) is 0 Å². The van der Waals surface area contributed by atoms with E-state index in [-0.39, 0.29) is 10.8 Å². The van der Waals surface area contributed by atoms with Crippen molar-refractivity contribution in [2.75, 3.05) is 29.9 Å². The highest BCUT2D eigenvalue weighted by Gasteiger charge is 2.17. The highest BCUT2D eigenvalue weighted by Crippen LogP contribution is 2.32. The number of nitrogens with one attached hydrogen (secondary N) is 2. The third-order valence-corrected chi connectivity index (χ3v) is 7.41. The van der Waals surface area contributed by atoms with Gasteiger partial charge in [-0.15, -0.1) is 0 Å². The fourth-order valence-electron chi connectivity index (χ4n) is 3.30. The molecule has 0 bridgehead atoms. The third-order valence-electron chi connectivity index (χ3n) is 4.77. The lowest BCUT2D eigenvalue weighted by atomic mass is 10.2. The van der Waals surface area contributed by atoms with Crippen molar-refractivity contribution < 1.29 is 13.2 Å². The number of benzene rings is 2. The first kappa shape index (κ1) is 19.8. The van der Waals surface area contributed by atoms with Crippen LogP contribution >= 0.6 is 11.3 Å². The summed E-state index contributed by atoms with van der Waals surface area (Å²) in [4.78, 5) is 19.7. The minimum absolute atomic E-state index is 0.136. The Morgan fingerprint density at radius 3 is 2.55 bits per heavy atom. The molecule has 1 aliphatic rings. The molecule has 1 aromatic heterocycles. The SMILES string of the molecule is CCNS(=O)(=O)c1ccc(C(=O)Nc2ccc3nc(N4CCCC4)sc3c2)cc1. The van der Waals surface area contributed by atoms with Crippen LogP contribution in [0.15, 0.2) is 47.4 Å². The van der Waals surface area contributed by atoms with Crippen molar-refractivity contribution in [1.29, 1.82) is 0 Å². The van der Waals surface area contributed by atoms with Crippen LogP contribution in [0.2, 0.25) is 0 Å². The fourth-order valence-corrected chi connectivity index (χ4v) is 5.39. The predicted octanol–water partition coefficient (Wildman–Crippen LogP) is 3.45. The molecule has 2 N–H and O–H groups in total. The molecule has 1 fully saturated rings. The number of fused-ring (bicyclic) bond motifs is 1. The van der Waals surface area contributed by atoms with E-state index in [1.807, 2.05) is 18.2 Å². The monoisotopic (exact) mass is 430 g/mol. The highest BCUT2D eigenvalue weighted by atomic mass is 32.2. The van der Waals surface area contributed by atoms with Crippen molar-refractivity contribution in [2.45, 2.75) is 24.7 Å². The molecule has 0 radical (unpaired) electrons. The maximum atomic E-state index is 12.6. The Morgan fingerprint density at radius 1 is 1.14 bits per heavy atom. The number of carbonyl (C=O) groups is 1. The molecule has 2 aromatic carbocycles. The van der Waals surface area contributed by atoms with E-state index in [0.29, 0.717) is 17.8 Å². The largest absolute Gasteiger partial charge is 0.348 e. The normalized spacial score (nSPS) is 14.4. The number of hydrogen-bond acceptors (Lipinski definition) is 6. The molecule has 29 heavy (non-hydrogen) atoms. The van der Waals surface area contributed by atoms with Gasteiger partial charge in [-0.25, -0.2) is 18.1 Å². The first-order valence-corrected chi connectivity index (χ1v) is 11.8. The molecule has 3 aromatic rings. The quantitative estimate of drug-likeness (QED) is 0.625. The van der Waals surface area contributed by atoms with Crippen LogP contribution in [-0.4, -0.2) is 38.9 Å². The lowest BCUT2D eigenvalue weighted by Gasteiger charge is -2.11. The molecule has 152 valence electrons. The van der Waals surface area contributed by atoms with Gasteiger partial charge in [0.1, 0.15) is 0 Å². The van der Waals surface area contributed by atoms with Gasteiger partial charge in [0.05, 0.1) is 15.1 Å². The molecule has 1 aliphatic heterocycles. The van der Waals surface area contributed by atoms with Crippen LogP contribution in [0.3, 0.4) is 0 Å². The van der Waals surface area contributed by atoms with Gasteiger partial charge in [-0.3, -0.25) is 4.79 Å². The van der Waals surface area contributed by atoms with Crippen molar-refractivity contribution in [2.24, 2.45) is 0 Å². The third kappa shape index (κ3) is 4.26. The molecule has 2 heterocycles. The topological polar surface area (TPSA) is 91.4 Å². The van der Waals surface area contributed by atoms with E-state index < -0.39 is 10.0 Å². The molecular weight excluding hydrogens is 408 g/mol. The minimum atomic E-state index is -3.53. The van der Waals surface area contributed by atoms with Crippen molar-refractivity contribution >= 4 is 48.3 Å². The smallest absolute Gasteiger partial charge is 0.255 e. The second-order valence-electron chi connectivity index (χ2n) is 6.85. The van der Waals surface area contributed by atoms with E-state index in [2.05, 4.69) is 19.9 Å². The van der Waals surface area contributed by atoms with Crippen molar-refractivity contribution in [3.63, 3.8) is 0 Å². The zero-order valence-corrected chi connectivity index (χ0v) is 17.6. The Kier molecular flexibility index (Phi) is 5.53. The number of anilines is 2. The molecule has 0 spiro atoms. The van der Waals surface area contributed by atoms with E-state index in [1.54, 1.807) is 18.3 Å². The summed E-state index contributed by atoms with van der Waals surface area (Å²) in [5.74, 6) is -0.291. The summed E-state index contributed by atoms with van der Waals surface area (Å²) in [6, 6.07) is 11.6. The lowest BCUT2D eigenvalue weighted by Crippen LogP contribution is -2.23. The summed E-state index contributed by atoms with van der Waals surface area (Å²) in [6.45, 7) is 4.11. The fraction of sp³-hybridized carbons (Fsp3) is 0.300. The average molecular weight is 431 g/mol. The Labute approximate surface area is 173 Å². The predicted molar refractivity (Wildman–Crippen MR) is 116 cm³/mol. The number of thiazole rings is 1. The van der Waals surface area contributed by atoms with Gasteiger partial charge in [0.15, 0.2) is 5.13 Å². The van der Waals surface area contributed by atoms with Crippen molar-refractivity contribution in [1.82, 2.24) is 9.71 Å². The molecular formula is C20H22N4O3S2. The van der Waals surface area contributed by atoms with Crippen LogP contribution in [-0.2, 0) is 10.0 Å². The molecule has 0 aliphatic carbocycles. The maximum absolute atomic E-state index is 12.6. The summed E-state index contributed by atoms with van der Waals surface area (Å²) in [5, 5.41) is 3.90. The molecule has 1 amide bonds. The van der Waals surface area contributed by atoms with Crippen LogP contribution in [0.1, 0.15) is 30.1 Å². The number of sulfonamides is 1. The molecule has 7 nitrogen and oxygen atoms in total. The van der Waals surface area contributed by atoms with E-state index in [4.69, 9.17) is 0 Å². The molecule has 9 heteroatoms. The second-order valence-corrected chi connectivity index (χ2v) is 9.63. The van der Waals surface area contributed by atoms with Crippen LogP contribution < -0.4 is 14.9 Å². The zero-order chi connectivity index (χ0) is 20.4. The van der Waals surface area contributed by atoms with Crippen molar-refractivity contribution in [3.8, 4) is 0 Å². The summed E-state index contributed by atoms with van der Waals surface area (Å²) in [5.41, 5.74) is 2.00. The number of rotatable bonds is 6. The van der Waals surface area contributed by atoms with E-state index in [0.717, 1.165) is 28.4 Å². The molecule has 4 rings (SSSR count). The Bertz CT molecular complexity index is 1130. The Morgan fingerprint density at radius 2 is 1.86 bits per heavy atom. The lowest BCUT2D eigenvalue weighted by molar-refractivity contribution is 0.102. The van der Waals surface area contributed by atoms with Gasteiger partial charge in [0, 0.05) is 30.9 Å². The van der Waals surface area contributed by atoms with Gasteiger partial charge >= 0.3 is 0 Å². The van der Waals surface area contributed by atoms with Gasteiger partial charge in [0.25, 0.3) is 5.91 Å². The Hall–Kier alpha value is -2.49. The number of nitrogens with zero attached hydrogens (tertiary/aromatic N) is 2. The van der Waals surface area contributed by atoms with Gasteiger partial charge < -0.3 is 10.2 Å². The molecule has 0 atom stereocenters. The van der Waals surface area contributed by atoms with Gasteiger partial charge in [-0.1, -0.05) is 18.3 Å². The summed E-state index contributed by atoms with van der Waals surface area (Å²) in [6.07, 6.45) is 2.40. The first-order valence-electron chi connectivity index (χ1n) is 9.53. The second kappa shape index (κ2) is 8.10. The van der Waals surface area contributed by atoms with Gasteiger partial charge in [-0.2, -0.15) is 0 Å². The van der Waals surface area contributed by atoms with Crippen molar-refractivity contribution in [3.05, 3.63) is 48.0 Å². The first-order chi connectivity index (χ1) is 14.0. The van der Waals surface area contributed by atoms with Gasteiger partial charge in [-0.05, 0) is 55.3 Å². The van der Waals surface area contributed by atoms with E-state index in [9.17, 15) is 13.2 Å². The number of carbonyl (C=O) groups excluding carboxylic acids is 1. The molecule has 0 saturated carbocycles. The molecule has 0 unspecified atom stereocenters. The van der Waals surface area contributed by atoms with E-state index >= 15 is 0 Å². The number of aromatic nitrogens is 1. The summed E-state index contributed by atoms with van der Waals surface area (Å²) >= 11 is 1.63. The zero-order valence-electron chi connectivity index (χ0n) is 16.0. The van der Waals surface area contributed by atoms with Crippen LogP contribution in [0.5, 0.6) is 0 Å². The van der Waals surface area contributed by atoms with E-state index in [1.165, 1.54) is 37.1 Å². The van der Waals surface area contributed by atoms with Crippen LogP contribution in [0.25, 0.3) is 10.2 Å². The van der Waals surface area contributed by atoms with Crippen LogP contribution in [0.4, 0.5) is 10.8 Å². The number of hydrogen-bond donors (Lipinski definition) is 2. The van der Waals surface area contributed by atoms with Gasteiger partial charge in [0.2, 0.25) is 10.0 Å². The standard InChI is InChI=1S/C20H22N4O3S2/c1-2-21-29(26,27)16-8-5-14(6-9-16)19(25)22-15-7-10-17-18(13-15)28-20(23-17)24-11-3-4-12-24/h5-10,13,21H,2-4,11-12H2,1H3,(H,22,25). The number of amides is 1. The summed E-state index contributed by atoms with van der Waals surface area (Å²) < 4.78 is 27.5. The molecule has 1 saturated heterocycles. The maximum Gasteiger partial charge on any atom is 0.255 e. The summed E-state index contributed by atoms with van der Waals surface area (Å²) in [7, 11) is -3.53. The minimum Gasteiger partial charge on any atom is -0.348 e. The Balaban J connectivity index is 1.49. The average Bonchev–Trinajstić information content (AvgIpc) is 3.37.